The number of para-hydroxylation sites is 1. The minimum Gasteiger partial charge on any atom is -0.508 e. The number of halogens is 3. The minimum absolute atomic E-state index is 0. The average molecular weight is 282 g/mol. The zero-order valence-corrected chi connectivity index (χ0v) is 10.4. The molecule has 1 rings (SSSR count). The average Bonchev–Trinajstić information content (AvgIpc) is 2.29. The van der Waals surface area contributed by atoms with Crippen molar-refractivity contribution in [2.45, 2.75) is 18.9 Å². The third kappa shape index (κ3) is 3.30. The van der Waals surface area contributed by atoms with Crippen molar-refractivity contribution in [1.29, 1.82) is 0 Å². The maximum Gasteiger partial charge on any atom is 0.379 e. The predicted octanol–water partition coefficient (Wildman–Crippen LogP) is 2.01. The Bertz CT molecular complexity index is 415. The maximum atomic E-state index is 13.6. The van der Waals surface area contributed by atoms with Crippen molar-refractivity contribution in [3.63, 3.8) is 0 Å². The second-order valence-electron chi connectivity index (χ2n) is 3.38. The van der Waals surface area contributed by atoms with Crippen molar-refractivity contribution in [1.82, 2.24) is 0 Å². The standard InChI is InChI=1S/C11H13F2NO3.ClH/c1-2-17-10(16)11(12,13)9(14)7-5-3-4-6-8(7)15;/h3-6,9,15H,2,14H2,1H3;1H/t9-;/m0./s1. The number of phenolic OH excluding ortho intramolecular Hbond substituents is 1. The van der Waals surface area contributed by atoms with Gasteiger partial charge in [0.1, 0.15) is 11.8 Å². The lowest BCUT2D eigenvalue weighted by atomic mass is 10.0. The van der Waals surface area contributed by atoms with Crippen LogP contribution in [0.1, 0.15) is 18.5 Å². The Morgan fingerprint density at radius 2 is 2.06 bits per heavy atom. The molecule has 0 saturated carbocycles. The summed E-state index contributed by atoms with van der Waals surface area (Å²) in [7, 11) is 0. The first-order chi connectivity index (χ1) is 7.91. The van der Waals surface area contributed by atoms with Gasteiger partial charge < -0.3 is 15.6 Å². The summed E-state index contributed by atoms with van der Waals surface area (Å²) in [5.74, 6) is -5.96. The molecule has 0 spiro atoms. The molecular formula is C11H14ClF2NO3. The van der Waals surface area contributed by atoms with Gasteiger partial charge in [-0.15, -0.1) is 12.4 Å². The Labute approximate surface area is 109 Å². The van der Waals surface area contributed by atoms with Crippen molar-refractivity contribution in [2.75, 3.05) is 6.61 Å². The van der Waals surface area contributed by atoms with Gasteiger partial charge in [0.25, 0.3) is 0 Å². The van der Waals surface area contributed by atoms with Crippen LogP contribution in [0.25, 0.3) is 0 Å². The lowest BCUT2D eigenvalue weighted by molar-refractivity contribution is -0.174. The van der Waals surface area contributed by atoms with Gasteiger partial charge in [-0.25, -0.2) is 4.79 Å². The molecule has 0 heterocycles. The summed E-state index contributed by atoms with van der Waals surface area (Å²) in [5, 5.41) is 9.39. The number of ether oxygens (including phenoxy) is 1. The van der Waals surface area contributed by atoms with Gasteiger partial charge >= 0.3 is 11.9 Å². The van der Waals surface area contributed by atoms with Crippen LogP contribution in [0.5, 0.6) is 5.75 Å². The number of benzene rings is 1. The van der Waals surface area contributed by atoms with Crippen LogP contribution in [0.3, 0.4) is 0 Å². The van der Waals surface area contributed by atoms with Gasteiger partial charge in [-0.2, -0.15) is 8.78 Å². The number of phenols is 1. The van der Waals surface area contributed by atoms with Crippen LogP contribution in [0, 0.1) is 0 Å². The Balaban J connectivity index is 0.00000289. The lowest BCUT2D eigenvalue weighted by Crippen LogP contribution is -2.41. The Hall–Kier alpha value is -1.40. The van der Waals surface area contributed by atoms with Crippen molar-refractivity contribution in [2.24, 2.45) is 5.73 Å². The molecule has 1 aromatic carbocycles. The molecule has 0 aliphatic rings. The number of nitrogens with two attached hydrogens (primary N) is 1. The molecule has 0 unspecified atom stereocenters. The molecule has 1 atom stereocenters. The van der Waals surface area contributed by atoms with Crippen molar-refractivity contribution in [3.8, 4) is 5.75 Å². The van der Waals surface area contributed by atoms with E-state index in [2.05, 4.69) is 4.74 Å². The van der Waals surface area contributed by atoms with Crippen LogP contribution in [0.4, 0.5) is 8.78 Å². The van der Waals surface area contributed by atoms with Crippen LogP contribution in [0.15, 0.2) is 24.3 Å². The van der Waals surface area contributed by atoms with E-state index in [9.17, 15) is 18.7 Å². The van der Waals surface area contributed by atoms with E-state index in [4.69, 9.17) is 5.73 Å². The van der Waals surface area contributed by atoms with Crippen LogP contribution < -0.4 is 5.73 Å². The van der Waals surface area contributed by atoms with Gasteiger partial charge in [0.2, 0.25) is 0 Å². The largest absolute Gasteiger partial charge is 0.508 e. The molecule has 102 valence electrons. The van der Waals surface area contributed by atoms with E-state index in [0.717, 1.165) is 0 Å². The highest BCUT2D eigenvalue weighted by Gasteiger charge is 2.48. The molecule has 3 N–H and O–H groups in total. The fraction of sp³-hybridized carbons (Fsp3) is 0.364. The molecule has 7 heteroatoms. The number of rotatable bonds is 4. The van der Waals surface area contributed by atoms with Gasteiger partial charge in [-0.1, -0.05) is 18.2 Å². The number of carbonyl (C=O) groups is 1. The number of aromatic hydroxyl groups is 1. The zero-order valence-electron chi connectivity index (χ0n) is 9.60. The fourth-order valence-corrected chi connectivity index (χ4v) is 1.30. The van der Waals surface area contributed by atoms with Gasteiger partial charge in [-0.05, 0) is 13.0 Å². The van der Waals surface area contributed by atoms with E-state index < -0.39 is 17.9 Å². The number of esters is 1. The van der Waals surface area contributed by atoms with E-state index >= 15 is 0 Å². The molecule has 1 aromatic rings. The first kappa shape index (κ1) is 16.6. The summed E-state index contributed by atoms with van der Waals surface area (Å²) < 4.78 is 31.3. The van der Waals surface area contributed by atoms with E-state index in [1.165, 1.54) is 31.2 Å². The fourth-order valence-electron chi connectivity index (χ4n) is 1.30. The third-order valence-corrected chi connectivity index (χ3v) is 2.21. The molecule has 0 saturated heterocycles. The summed E-state index contributed by atoms with van der Waals surface area (Å²) in [5.41, 5.74) is 5.09. The number of carbonyl (C=O) groups excluding carboxylic acids is 1. The smallest absolute Gasteiger partial charge is 0.379 e. The van der Waals surface area contributed by atoms with Crippen LogP contribution in [-0.4, -0.2) is 23.6 Å². The molecule has 0 aliphatic carbocycles. The minimum atomic E-state index is -3.88. The van der Waals surface area contributed by atoms with Crippen LogP contribution in [-0.2, 0) is 9.53 Å². The third-order valence-electron chi connectivity index (χ3n) is 2.21. The topological polar surface area (TPSA) is 72.5 Å². The Morgan fingerprint density at radius 3 is 2.56 bits per heavy atom. The Kier molecular flexibility index (Phi) is 6.00. The highest BCUT2D eigenvalue weighted by molar-refractivity contribution is 5.85. The summed E-state index contributed by atoms with van der Waals surface area (Å²) in [6.07, 6.45) is 0. The number of hydrogen-bond acceptors (Lipinski definition) is 4. The van der Waals surface area contributed by atoms with E-state index in [1.807, 2.05) is 0 Å². The molecule has 0 aromatic heterocycles. The van der Waals surface area contributed by atoms with Gasteiger partial charge in [-0.3, -0.25) is 0 Å². The number of hydrogen-bond donors (Lipinski definition) is 2. The highest BCUT2D eigenvalue weighted by atomic mass is 35.5. The summed E-state index contributed by atoms with van der Waals surface area (Å²) in [6, 6.07) is 3.41. The first-order valence-electron chi connectivity index (χ1n) is 4.99. The predicted molar refractivity (Wildman–Crippen MR) is 63.9 cm³/mol. The summed E-state index contributed by atoms with van der Waals surface area (Å²) >= 11 is 0. The highest BCUT2D eigenvalue weighted by Crippen LogP contribution is 2.34. The molecular weight excluding hydrogens is 268 g/mol. The molecule has 0 aliphatic heterocycles. The van der Waals surface area contributed by atoms with Crippen LogP contribution in [0.2, 0.25) is 0 Å². The molecule has 0 radical (unpaired) electrons. The SMILES string of the molecule is CCOC(=O)C(F)(F)[C@@H](N)c1ccccc1O.Cl. The molecule has 0 fully saturated rings. The number of alkyl halides is 2. The molecule has 0 bridgehead atoms. The lowest BCUT2D eigenvalue weighted by Gasteiger charge is -2.22. The first-order valence-corrected chi connectivity index (χ1v) is 4.99. The van der Waals surface area contributed by atoms with Crippen molar-refractivity contribution < 1.29 is 23.4 Å². The van der Waals surface area contributed by atoms with Gasteiger partial charge in [0, 0.05) is 5.56 Å². The van der Waals surface area contributed by atoms with E-state index in [1.54, 1.807) is 0 Å². The van der Waals surface area contributed by atoms with E-state index in [0.29, 0.717) is 0 Å². The normalized spacial score (nSPS) is 12.4. The quantitative estimate of drug-likeness (QED) is 0.828. The summed E-state index contributed by atoms with van der Waals surface area (Å²) in [4.78, 5) is 11.1. The van der Waals surface area contributed by atoms with Gasteiger partial charge in [0.15, 0.2) is 0 Å². The van der Waals surface area contributed by atoms with Crippen molar-refractivity contribution >= 4 is 18.4 Å². The molecule has 0 amide bonds. The van der Waals surface area contributed by atoms with Crippen LogP contribution >= 0.6 is 12.4 Å². The Morgan fingerprint density at radius 1 is 1.50 bits per heavy atom. The van der Waals surface area contributed by atoms with Crippen molar-refractivity contribution in [3.05, 3.63) is 29.8 Å². The molecule has 4 nitrogen and oxygen atoms in total. The second kappa shape index (κ2) is 6.51. The van der Waals surface area contributed by atoms with E-state index in [-0.39, 0.29) is 30.3 Å². The van der Waals surface area contributed by atoms with Gasteiger partial charge in [0.05, 0.1) is 6.61 Å². The second-order valence-corrected chi connectivity index (χ2v) is 3.38. The monoisotopic (exact) mass is 281 g/mol. The molecule has 18 heavy (non-hydrogen) atoms. The summed E-state index contributed by atoms with van der Waals surface area (Å²) in [6.45, 7) is 1.25. The zero-order chi connectivity index (χ0) is 13.1. The maximum absolute atomic E-state index is 13.6.